The minimum absolute atomic E-state index is 0.279. The van der Waals surface area contributed by atoms with Crippen LogP contribution in [-0.2, 0) is 15.3 Å². The predicted molar refractivity (Wildman–Crippen MR) is 158 cm³/mol. The fourth-order valence-electron chi connectivity index (χ4n) is 5.19. The first-order valence-electron chi connectivity index (χ1n) is 12.8. The maximum atomic E-state index is 13.1. The second kappa shape index (κ2) is 10.4. The molecule has 5 aromatic rings. The van der Waals surface area contributed by atoms with Crippen molar-refractivity contribution in [1.29, 1.82) is 0 Å². The Labute approximate surface area is 229 Å². The third-order valence-electron chi connectivity index (χ3n) is 6.91. The van der Waals surface area contributed by atoms with Crippen LogP contribution in [0.2, 0.25) is 0 Å². The Hall–Kier alpha value is -4.36. The first kappa shape index (κ1) is 24.9. The highest BCUT2D eigenvalue weighted by Crippen LogP contribution is 2.37. The summed E-state index contributed by atoms with van der Waals surface area (Å²) in [5.41, 5.74) is 3.17. The van der Waals surface area contributed by atoms with Gasteiger partial charge in [-0.05, 0) is 52.6 Å². The SMILES string of the molecule is CCOC(=O)C1=C(C)NC(SCc2cc(=O)oc3ccc4ccccc4c23)=N[C@@H]1c1cccc2ccccc12. The molecule has 0 bridgehead atoms. The highest BCUT2D eigenvalue weighted by molar-refractivity contribution is 8.13. The topological polar surface area (TPSA) is 80.9 Å². The molecule has 39 heavy (non-hydrogen) atoms. The summed E-state index contributed by atoms with van der Waals surface area (Å²) in [5, 5.41) is 9.12. The molecular weight excluding hydrogens is 508 g/mol. The molecule has 0 unspecified atom stereocenters. The first-order valence-corrected chi connectivity index (χ1v) is 13.8. The normalized spacial score (nSPS) is 15.4. The molecule has 0 saturated heterocycles. The number of hydrogen-bond acceptors (Lipinski definition) is 7. The summed E-state index contributed by atoms with van der Waals surface area (Å²) in [7, 11) is 0. The van der Waals surface area contributed by atoms with Gasteiger partial charge in [-0.15, -0.1) is 0 Å². The lowest BCUT2D eigenvalue weighted by atomic mass is 9.92. The molecule has 1 aliphatic rings. The molecule has 1 aliphatic heterocycles. The van der Waals surface area contributed by atoms with Gasteiger partial charge in [-0.25, -0.2) is 14.6 Å². The summed E-state index contributed by atoms with van der Waals surface area (Å²) in [5.74, 6) is 0.109. The Kier molecular flexibility index (Phi) is 6.67. The Bertz CT molecular complexity index is 1870. The molecule has 0 amide bonds. The number of rotatable bonds is 5. The lowest BCUT2D eigenvalue weighted by Gasteiger charge is -2.26. The second-order valence-electron chi connectivity index (χ2n) is 9.33. The average molecular weight is 535 g/mol. The van der Waals surface area contributed by atoms with Gasteiger partial charge in [0.05, 0.1) is 12.2 Å². The van der Waals surface area contributed by atoms with E-state index in [-0.39, 0.29) is 18.2 Å². The Balaban J connectivity index is 1.41. The standard InChI is InChI=1S/C32H26N2O4S/c1-3-37-31(36)28-19(2)33-32(34-30(28)25-14-8-11-20-9-4-6-12-23(20)25)39-18-22-17-27(35)38-26-16-15-21-10-5-7-13-24(21)29(22)26/h4-17,30H,3,18H2,1-2H3,(H,33,34)/t30-/m1/s1. The summed E-state index contributed by atoms with van der Waals surface area (Å²) in [4.78, 5) is 30.5. The number of amidine groups is 1. The number of carbonyl (C=O) groups is 1. The van der Waals surface area contributed by atoms with Crippen molar-refractivity contribution < 1.29 is 13.9 Å². The fourth-order valence-corrected chi connectivity index (χ4v) is 6.11. The smallest absolute Gasteiger partial charge is 0.338 e. The number of aliphatic imine (C=N–C) groups is 1. The van der Waals surface area contributed by atoms with Crippen molar-refractivity contribution in [2.24, 2.45) is 4.99 Å². The molecule has 0 radical (unpaired) electrons. The van der Waals surface area contributed by atoms with E-state index in [4.69, 9.17) is 14.1 Å². The molecule has 1 N–H and O–H groups in total. The molecule has 0 aliphatic carbocycles. The van der Waals surface area contributed by atoms with Crippen molar-refractivity contribution in [1.82, 2.24) is 5.32 Å². The molecule has 194 valence electrons. The zero-order chi connectivity index (χ0) is 26.9. The van der Waals surface area contributed by atoms with Gasteiger partial charge in [-0.2, -0.15) is 0 Å². The highest BCUT2D eigenvalue weighted by Gasteiger charge is 2.31. The zero-order valence-corrected chi connectivity index (χ0v) is 22.4. The maximum Gasteiger partial charge on any atom is 0.338 e. The third-order valence-corrected chi connectivity index (χ3v) is 7.85. The van der Waals surface area contributed by atoms with E-state index in [0.29, 0.717) is 27.8 Å². The van der Waals surface area contributed by atoms with Crippen LogP contribution in [0.5, 0.6) is 0 Å². The van der Waals surface area contributed by atoms with Gasteiger partial charge in [0.1, 0.15) is 11.6 Å². The Morgan fingerprint density at radius 3 is 2.49 bits per heavy atom. The minimum Gasteiger partial charge on any atom is -0.463 e. The van der Waals surface area contributed by atoms with Gasteiger partial charge in [-0.3, -0.25) is 0 Å². The minimum atomic E-state index is -0.530. The van der Waals surface area contributed by atoms with E-state index in [1.54, 1.807) is 13.0 Å². The van der Waals surface area contributed by atoms with Crippen molar-refractivity contribution in [3.05, 3.63) is 118 Å². The van der Waals surface area contributed by atoms with Crippen LogP contribution in [0.25, 0.3) is 32.5 Å². The van der Waals surface area contributed by atoms with Gasteiger partial charge in [0.2, 0.25) is 0 Å². The van der Waals surface area contributed by atoms with Crippen LogP contribution in [-0.4, -0.2) is 17.7 Å². The quantitative estimate of drug-likeness (QED) is 0.151. The van der Waals surface area contributed by atoms with Gasteiger partial charge >= 0.3 is 11.6 Å². The number of thioether (sulfide) groups is 1. The number of esters is 1. The number of benzene rings is 4. The van der Waals surface area contributed by atoms with Gasteiger partial charge in [0, 0.05) is 22.9 Å². The lowest BCUT2D eigenvalue weighted by molar-refractivity contribution is -0.138. The molecule has 0 fully saturated rings. The number of allylic oxidation sites excluding steroid dienone is 1. The van der Waals surface area contributed by atoms with E-state index in [1.807, 2.05) is 73.7 Å². The number of hydrogen-bond donors (Lipinski definition) is 1. The van der Waals surface area contributed by atoms with Crippen LogP contribution < -0.4 is 10.9 Å². The third kappa shape index (κ3) is 4.70. The first-order chi connectivity index (χ1) is 19.0. The largest absolute Gasteiger partial charge is 0.463 e. The van der Waals surface area contributed by atoms with Crippen LogP contribution in [0, 0.1) is 0 Å². The molecule has 4 aromatic carbocycles. The van der Waals surface area contributed by atoms with Crippen molar-refractivity contribution in [2.75, 3.05) is 6.61 Å². The van der Waals surface area contributed by atoms with E-state index in [9.17, 15) is 9.59 Å². The molecular formula is C32H26N2O4S. The molecule has 6 nitrogen and oxygen atoms in total. The predicted octanol–water partition coefficient (Wildman–Crippen LogP) is 6.87. The van der Waals surface area contributed by atoms with Crippen molar-refractivity contribution in [3.8, 4) is 0 Å². The molecule has 0 saturated carbocycles. The molecule has 7 heteroatoms. The van der Waals surface area contributed by atoms with Crippen LogP contribution in [0.15, 0.2) is 110 Å². The van der Waals surface area contributed by atoms with E-state index >= 15 is 0 Å². The molecule has 1 aromatic heterocycles. The number of nitrogens with zero attached hydrogens (tertiary/aromatic N) is 1. The lowest BCUT2D eigenvalue weighted by Crippen LogP contribution is -2.30. The fraction of sp³-hybridized carbons (Fsp3) is 0.156. The Morgan fingerprint density at radius 2 is 1.69 bits per heavy atom. The number of fused-ring (bicyclic) bond motifs is 4. The second-order valence-corrected chi connectivity index (χ2v) is 10.3. The molecule has 2 heterocycles. The summed E-state index contributed by atoms with van der Waals surface area (Å²) in [6.45, 7) is 3.95. The van der Waals surface area contributed by atoms with Crippen LogP contribution in [0.3, 0.4) is 0 Å². The Morgan fingerprint density at radius 1 is 0.974 bits per heavy atom. The van der Waals surface area contributed by atoms with Gasteiger partial charge in [-0.1, -0.05) is 84.6 Å². The summed E-state index contributed by atoms with van der Waals surface area (Å²) < 4.78 is 11.0. The van der Waals surface area contributed by atoms with Crippen LogP contribution >= 0.6 is 11.8 Å². The van der Waals surface area contributed by atoms with Crippen molar-refractivity contribution in [3.63, 3.8) is 0 Å². The van der Waals surface area contributed by atoms with E-state index in [1.165, 1.54) is 11.8 Å². The number of ether oxygens (including phenoxy) is 1. The molecule has 6 rings (SSSR count). The summed E-state index contributed by atoms with van der Waals surface area (Å²) in [6.07, 6.45) is 0. The number of nitrogens with one attached hydrogen (secondary N) is 1. The monoisotopic (exact) mass is 534 g/mol. The van der Waals surface area contributed by atoms with E-state index < -0.39 is 6.04 Å². The van der Waals surface area contributed by atoms with Crippen LogP contribution in [0.1, 0.15) is 31.0 Å². The van der Waals surface area contributed by atoms with Crippen molar-refractivity contribution in [2.45, 2.75) is 25.6 Å². The molecule has 1 atom stereocenters. The van der Waals surface area contributed by atoms with Crippen molar-refractivity contribution >= 4 is 55.4 Å². The van der Waals surface area contributed by atoms with E-state index in [0.717, 1.165) is 38.1 Å². The van der Waals surface area contributed by atoms with Crippen LogP contribution in [0.4, 0.5) is 0 Å². The van der Waals surface area contributed by atoms with Gasteiger partial charge in [0.25, 0.3) is 0 Å². The summed E-state index contributed by atoms with van der Waals surface area (Å²) >= 11 is 1.49. The maximum absolute atomic E-state index is 13.1. The molecule has 0 spiro atoms. The van der Waals surface area contributed by atoms with Gasteiger partial charge in [0.15, 0.2) is 5.17 Å². The average Bonchev–Trinajstić information content (AvgIpc) is 2.95. The van der Waals surface area contributed by atoms with Gasteiger partial charge < -0.3 is 14.5 Å². The van der Waals surface area contributed by atoms with E-state index in [2.05, 4.69) is 17.4 Å². The number of carbonyl (C=O) groups excluding carboxylic acids is 1. The zero-order valence-electron chi connectivity index (χ0n) is 21.6. The highest BCUT2D eigenvalue weighted by atomic mass is 32.2. The summed E-state index contributed by atoms with van der Waals surface area (Å²) in [6, 6.07) is 27.0.